The van der Waals surface area contributed by atoms with E-state index in [1.807, 2.05) is 0 Å². The number of imidazole rings is 1. The molecular weight excluding hydrogens is 367 g/mol. The molecule has 0 radical (unpaired) electrons. The quantitative estimate of drug-likeness (QED) is 0.618. The molecule has 0 amide bonds. The van der Waals surface area contributed by atoms with E-state index in [4.69, 9.17) is 0 Å². The first kappa shape index (κ1) is 17.8. The van der Waals surface area contributed by atoms with Gasteiger partial charge in [0.15, 0.2) is 16.9 Å². The molecule has 0 fully saturated rings. The Bertz CT molecular complexity index is 1270. The van der Waals surface area contributed by atoms with Gasteiger partial charge in [-0.25, -0.2) is 14.2 Å². The third-order valence-corrected chi connectivity index (χ3v) is 4.70. The lowest BCUT2D eigenvalue weighted by molar-refractivity contribution is 0.0998. The Morgan fingerprint density at radius 2 is 1.82 bits per heavy atom. The lowest BCUT2D eigenvalue weighted by Gasteiger charge is -2.24. The van der Waals surface area contributed by atoms with Gasteiger partial charge in [0.1, 0.15) is 12.4 Å². The summed E-state index contributed by atoms with van der Waals surface area (Å²) in [5.41, 5.74) is 0.566. The number of Topliss-reactive ketones (excluding diaryl/α,β-unsaturated/α-hetero) is 1. The molecule has 4 rings (SSSR count). The highest BCUT2D eigenvalue weighted by molar-refractivity contribution is 6.00. The van der Waals surface area contributed by atoms with Gasteiger partial charge in [-0.15, -0.1) is 0 Å². The van der Waals surface area contributed by atoms with E-state index >= 15 is 0 Å². The Morgan fingerprint density at radius 1 is 1.14 bits per heavy atom. The van der Waals surface area contributed by atoms with Crippen molar-refractivity contribution in [2.45, 2.75) is 13.5 Å². The molecule has 3 heterocycles. The first-order valence-electron chi connectivity index (χ1n) is 8.54. The molecule has 0 saturated carbocycles. The minimum Gasteiger partial charge on any atom is -0.297 e. The fourth-order valence-corrected chi connectivity index (χ4v) is 3.26. The topological polar surface area (TPSA) is 94.5 Å². The van der Waals surface area contributed by atoms with Crippen molar-refractivity contribution < 1.29 is 9.18 Å². The second kappa shape index (κ2) is 6.25. The number of carbonyl (C=O) groups is 1. The molecule has 0 spiro atoms. The molecule has 3 aromatic rings. The van der Waals surface area contributed by atoms with Crippen LogP contribution in [0.4, 0.5) is 10.3 Å². The normalized spacial score (nSPS) is 13.6. The Kier molecular flexibility index (Phi) is 3.98. The van der Waals surface area contributed by atoms with Crippen molar-refractivity contribution in [1.82, 2.24) is 18.7 Å². The van der Waals surface area contributed by atoms with Gasteiger partial charge in [0.25, 0.3) is 5.56 Å². The van der Waals surface area contributed by atoms with Gasteiger partial charge in [-0.1, -0.05) is 0 Å². The molecule has 0 aliphatic carbocycles. The maximum Gasteiger partial charge on any atom is 0.332 e. The van der Waals surface area contributed by atoms with Gasteiger partial charge < -0.3 is 0 Å². The molecule has 28 heavy (non-hydrogen) atoms. The van der Waals surface area contributed by atoms with Crippen molar-refractivity contribution in [3.8, 4) is 0 Å². The molecule has 9 nitrogen and oxygen atoms in total. The smallest absolute Gasteiger partial charge is 0.297 e. The lowest BCUT2D eigenvalue weighted by Crippen LogP contribution is -2.38. The molecular formula is C18H17FN6O3. The summed E-state index contributed by atoms with van der Waals surface area (Å²) in [7, 11) is 2.94. The van der Waals surface area contributed by atoms with E-state index in [1.165, 1.54) is 47.9 Å². The van der Waals surface area contributed by atoms with Crippen LogP contribution in [0.15, 0.2) is 39.0 Å². The number of ketones is 1. The zero-order valence-electron chi connectivity index (χ0n) is 15.5. The highest BCUT2D eigenvalue weighted by atomic mass is 19.1. The summed E-state index contributed by atoms with van der Waals surface area (Å²) in [5.74, 6) is -0.407. The van der Waals surface area contributed by atoms with Crippen LogP contribution in [0.2, 0.25) is 0 Å². The van der Waals surface area contributed by atoms with Crippen LogP contribution in [-0.2, 0) is 20.6 Å². The van der Waals surface area contributed by atoms with Gasteiger partial charge >= 0.3 is 5.69 Å². The zero-order valence-corrected chi connectivity index (χ0v) is 15.5. The van der Waals surface area contributed by atoms with Gasteiger partial charge in [-0.2, -0.15) is 10.1 Å². The molecule has 2 aromatic heterocycles. The molecule has 1 aliphatic rings. The molecule has 0 bridgehead atoms. The fourth-order valence-electron chi connectivity index (χ4n) is 3.26. The fraction of sp³-hybridized carbons (Fsp3) is 0.278. The van der Waals surface area contributed by atoms with Gasteiger partial charge in [-0.3, -0.25) is 23.3 Å². The number of fused-ring (bicyclic) bond motifs is 3. The standard InChI is InChI=1S/C18H17FN6O3/c1-10-8-24-14-15(22(2)18(28)23(3)16(14)27)20-17(24)25(21-10)9-13(26)11-4-6-12(19)7-5-11/h4-7H,8-9H2,1-3H3. The zero-order chi connectivity index (χ0) is 20.2. The van der Waals surface area contributed by atoms with Crippen LogP contribution in [0.3, 0.4) is 0 Å². The van der Waals surface area contributed by atoms with E-state index in [0.717, 1.165) is 4.57 Å². The number of rotatable bonds is 3. The molecule has 10 heteroatoms. The van der Waals surface area contributed by atoms with Crippen LogP contribution >= 0.6 is 0 Å². The maximum atomic E-state index is 13.1. The largest absolute Gasteiger partial charge is 0.332 e. The minimum absolute atomic E-state index is 0.138. The van der Waals surface area contributed by atoms with E-state index in [2.05, 4.69) is 10.1 Å². The second-order valence-corrected chi connectivity index (χ2v) is 6.70. The number of aryl methyl sites for hydroxylation is 1. The van der Waals surface area contributed by atoms with E-state index < -0.39 is 17.1 Å². The highest BCUT2D eigenvalue weighted by Gasteiger charge is 2.27. The second-order valence-electron chi connectivity index (χ2n) is 6.70. The van der Waals surface area contributed by atoms with E-state index in [-0.39, 0.29) is 23.5 Å². The SMILES string of the molecule is CC1=NN(CC(=O)c2ccc(F)cc2)c2nc3c(c(=O)n(C)c(=O)n3C)n2C1. The van der Waals surface area contributed by atoms with Crippen molar-refractivity contribution in [3.63, 3.8) is 0 Å². The summed E-state index contributed by atoms with van der Waals surface area (Å²) in [6.07, 6.45) is 0. The molecule has 0 N–H and O–H groups in total. The van der Waals surface area contributed by atoms with Crippen LogP contribution in [0.5, 0.6) is 0 Å². The first-order chi connectivity index (χ1) is 13.3. The molecule has 144 valence electrons. The Hall–Kier alpha value is -3.56. The average molecular weight is 384 g/mol. The van der Waals surface area contributed by atoms with E-state index in [1.54, 1.807) is 11.5 Å². The number of nitrogens with zero attached hydrogens (tertiary/aromatic N) is 6. The Balaban J connectivity index is 1.83. The highest BCUT2D eigenvalue weighted by Crippen LogP contribution is 2.23. The summed E-state index contributed by atoms with van der Waals surface area (Å²) in [4.78, 5) is 41.9. The number of carbonyl (C=O) groups excluding carboxylic acids is 1. The van der Waals surface area contributed by atoms with Gasteiger partial charge in [0.2, 0.25) is 5.95 Å². The minimum atomic E-state index is -0.487. The van der Waals surface area contributed by atoms with Crippen molar-refractivity contribution in [2.24, 2.45) is 19.2 Å². The third-order valence-electron chi connectivity index (χ3n) is 4.70. The monoisotopic (exact) mass is 384 g/mol. The third kappa shape index (κ3) is 2.65. The summed E-state index contributed by atoms with van der Waals surface area (Å²) in [5, 5.41) is 5.78. The Labute approximate surface area is 157 Å². The number of hydrogen-bond donors (Lipinski definition) is 0. The van der Waals surface area contributed by atoms with Gasteiger partial charge in [0, 0.05) is 19.7 Å². The molecule has 0 atom stereocenters. The van der Waals surface area contributed by atoms with Crippen molar-refractivity contribution >= 4 is 28.6 Å². The number of aromatic nitrogens is 4. The Morgan fingerprint density at radius 3 is 2.50 bits per heavy atom. The average Bonchev–Trinajstić information content (AvgIpc) is 3.04. The van der Waals surface area contributed by atoms with Crippen molar-refractivity contribution in [2.75, 3.05) is 11.6 Å². The van der Waals surface area contributed by atoms with Crippen LogP contribution in [0.1, 0.15) is 17.3 Å². The number of anilines is 1. The first-order valence-corrected chi connectivity index (χ1v) is 8.54. The maximum absolute atomic E-state index is 13.1. The summed E-state index contributed by atoms with van der Waals surface area (Å²) in [6, 6.07) is 5.24. The van der Waals surface area contributed by atoms with Crippen LogP contribution < -0.4 is 16.3 Å². The number of hydrogen-bond acceptors (Lipinski definition) is 6. The lowest BCUT2D eigenvalue weighted by atomic mass is 10.1. The molecule has 0 unspecified atom stereocenters. The summed E-state index contributed by atoms with van der Waals surface area (Å²) in [6.45, 7) is 1.96. The van der Waals surface area contributed by atoms with Crippen LogP contribution in [0, 0.1) is 5.82 Å². The number of benzene rings is 1. The van der Waals surface area contributed by atoms with Crippen molar-refractivity contribution in [3.05, 3.63) is 56.5 Å². The van der Waals surface area contributed by atoms with E-state index in [9.17, 15) is 18.8 Å². The summed E-state index contributed by atoms with van der Waals surface area (Å²) < 4.78 is 17.1. The molecule has 0 saturated heterocycles. The van der Waals surface area contributed by atoms with Crippen LogP contribution in [-0.4, -0.2) is 36.7 Å². The van der Waals surface area contributed by atoms with Gasteiger partial charge in [0.05, 0.1) is 12.3 Å². The summed E-state index contributed by atoms with van der Waals surface area (Å²) >= 11 is 0. The number of halogens is 1. The van der Waals surface area contributed by atoms with Crippen LogP contribution in [0.25, 0.3) is 11.2 Å². The van der Waals surface area contributed by atoms with Gasteiger partial charge in [-0.05, 0) is 31.2 Å². The van der Waals surface area contributed by atoms with E-state index in [0.29, 0.717) is 23.8 Å². The predicted molar refractivity (Wildman–Crippen MR) is 101 cm³/mol. The number of hydrazone groups is 1. The van der Waals surface area contributed by atoms with Crippen molar-refractivity contribution in [1.29, 1.82) is 0 Å². The molecule has 1 aromatic carbocycles. The predicted octanol–water partition coefficient (Wildman–Crippen LogP) is 0.652. The molecule has 1 aliphatic heterocycles.